The number of hydrogen-bond acceptors (Lipinski definition) is 2. The lowest BCUT2D eigenvalue weighted by atomic mass is 10.0. The highest BCUT2D eigenvalue weighted by Gasteiger charge is 2.19. The van der Waals surface area contributed by atoms with Gasteiger partial charge in [0, 0.05) is 19.1 Å². The van der Waals surface area contributed by atoms with Crippen LogP contribution in [-0.2, 0) is 6.54 Å². The first-order valence-corrected chi connectivity index (χ1v) is 6.80. The molecule has 1 aliphatic heterocycles. The third-order valence-corrected chi connectivity index (χ3v) is 3.83. The summed E-state index contributed by atoms with van der Waals surface area (Å²) in [6.07, 6.45) is 2.65. The Morgan fingerprint density at radius 1 is 1.35 bits per heavy atom. The zero-order chi connectivity index (χ0) is 12.1. The Balaban J connectivity index is 2.01. The van der Waals surface area contributed by atoms with Crippen molar-refractivity contribution in [3.8, 4) is 0 Å². The Bertz CT molecular complexity index is 343. The summed E-state index contributed by atoms with van der Waals surface area (Å²) in [4.78, 5) is 2.61. The van der Waals surface area contributed by atoms with Crippen molar-refractivity contribution in [1.29, 1.82) is 0 Å². The van der Waals surface area contributed by atoms with Crippen molar-refractivity contribution >= 4 is 0 Å². The first-order chi connectivity index (χ1) is 8.31. The Hall–Kier alpha value is -0.860. The van der Waals surface area contributed by atoms with Crippen molar-refractivity contribution in [2.75, 3.05) is 19.6 Å². The molecule has 1 unspecified atom stereocenters. The minimum absolute atomic E-state index is 0.716. The zero-order valence-corrected chi connectivity index (χ0v) is 11.1. The summed E-state index contributed by atoms with van der Waals surface area (Å²) in [6.45, 7) is 9.06. The third-order valence-electron chi connectivity index (χ3n) is 3.83. The van der Waals surface area contributed by atoms with Gasteiger partial charge >= 0.3 is 0 Å². The normalized spacial score (nSPS) is 20.8. The fourth-order valence-corrected chi connectivity index (χ4v) is 2.65. The molecule has 1 saturated heterocycles. The first kappa shape index (κ1) is 12.6. The Kier molecular flexibility index (Phi) is 4.57. The van der Waals surface area contributed by atoms with Gasteiger partial charge in [-0.3, -0.25) is 4.90 Å². The summed E-state index contributed by atoms with van der Waals surface area (Å²) >= 11 is 0. The highest BCUT2D eigenvalue weighted by atomic mass is 15.2. The predicted molar refractivity (Wildman–Crippen MR) is 73.2 cm³/mol. The Morgan fingerprint density at radius 2 is 2.18 bits per heavy atom. The molecule has 1 aromatic carbocycles. The lowest BCUT2D eigenvalue weighted by molar-refractivity contribution is 0.166. The van der Waals surface area contributed by atoms with Crippen LogP contribution in [0.5, 0.6) is 0 Å². The molecule has 0 saturated carbocycles. The number of nitrogens with zero attached hydrogens (tertiary/aromatic N) is 1. The number of nitrogens with one attached hydrogen (secondary N) is 1. The van der Waals surface area contributed by atoms with Crippen LogP contribution in [0.1, 0.15) is 30.9 Å². The molecule has 2 rings (SSSR count). The maximum atomic E-state index is 3.51. The van der Waals surface area contributed by atoms with Gasteiger partial charge in [-0.15, -0.1) is 0 Å². The van der Waals surface area contributed by atoms with Crippen molar-refractivity contribution in [2.45, 2.75) is 39.3 Å². The van der Waals surface area contributed by atoms with E-state index in [0.717, 1.165) is 19.6 Å². The van der Waals surface area contributed by atoms with Crippen LogP contribution in [-0.4, -0.2) is 30.6 Å². The predicted octanol–water partition coefficient (Wildman–Crippen LogP) is 2.57. The molecule has 0 spiro atoms. The van der Waals surface area contributed by atoms with E-state index in [0.29, 0.717) is 6.04 Å². The van der Waals surface area contributed by atoms with Crippen LogP contribution in [0.15, 0.2) is 24.3 Å². The Labute approximate surface area is 105 Å². The fourth-order valence-electron chi connectivity index (χ4n) is 2.65. The summed E-state index contributed by atoms with van der Waals surface area (Å²) in [7, 11) is 0. The molecule has 0 radical (unpaired) electrons. The van der Waals surface area contributed by atoms with Crippen LogP contribution in [0.4, 0.5) is 0 Å². The van der Waals surface area contributed by atoms with Crippen LogP contribution >= 0.6 is 0 Å². The van der Waals surface area contributed by atoms with Gasteiger partial charge in [0.15, 0.2) is 0 Å². The SMILES string of the molecule is CCN(Cc1ccccc1C)C1CCCNC1. The highest BCUT2D eigenvalue weighted by molar-refractivity contribution is 5.25. The molecule has 2 nitrogen and oxygen atoms in total. The fraction of sp³-hybridized carbons (Fsp3) is 0.600. The molecule has 1 aromatic rings. The lowest BCUT2D eigenvalue weighted by Gasteiger charge is -2.34. The summed E-state index contributed by atoms with van der Waals surface area (Å²) in [6, 6.07) is 9.46. The van der Waals surface area contributed by atoms with E-state index in [1.165, 1.54) is 30.5 Å². The number of rotatable bonds is 4. The van der Waals surface area contributed by atoms with Gasteiger partial charge in [0.25, 0.3) is 0 Å². The number of hydrogen-bond donors (Lipinski definition) is 1. The van der Waals surface area contributed by atoms with Gasteiger partial charge in [-0.1, -0.05) is 31.2 Å². The quantitative estimate of drug-likeness (QED) is 0.858. The monoisotopic (exact) mass is 232 g/mol. The van der Waals surface area contributed by atoms with Gasteiger partial charge in [0.05, 0.1) is 0 Å². The van der Waals surface area contributed by atoms with Gasteiger partial charge in [-0.05, 0) is 44.0 Å². The molecule has 94 valence electrons. The molecule has 17 heavy (non-hydrogen) atoms. The zero-order valence-electron chi connectivity index (χ0n) is 11.1. The largest absolute Gasteiger partial charge is 0.315 e. The van der Waals surface area contributed by atoms with E-state index in [2.05, 4.69) is 48.3 Å². The van der Waals surface area contributed by atoms with Crippen LogP contribution in [0.25, 0.3) is 0 Å². The minimum atomic E-state index is 0.716. The molecule has 1 atom stereocenters. The van der Waals surface area contributed by atoms with E-state index in [9.17, 15) is 0 Å². The van der Waals surface area contributed by atoms with E-state index >= 15 is 0 Å². The topological polar surface area (TPSA) is 15.3 Å². The first-order valence-electron chi connectivity index (χ1n) is 6.80. The smallest absolute Gasteiger partial charge is 0.0239 e. The molecule has 1 N–H and O–H groups in total. The van der Waals surface area contributed by atoms with Crippen LogP contribution in [0.3, 0.4) is 0 Å². The van der Waals surface area contributed by atoms with Gasteiger partial charge in [0.1, 0.15) is 0 Å². The van der Waals surface area contributed by atoms with Crippen LogP contribution < -0.4 is 5.32 Å². The summed E-state index contributed by atoms with van der Waals surface area (Å²) < 4.78 is 0. The van der Waals surface area contributed by atoms with Gasteiger partial charge in [-0.2, -0.15) is 0 Å². The van der Waals surface area contributed by atoms with Crippen molar-refractivity contribution < 1.29 is 0 Å². The van der Waals surface area contributed by atoms with E-state index in [1.807, 2.05) is 0 Å². The summed E-state index contributed by atoms with van der Waals surface area (Å²) in [5.41, 5.74) is 2.88. The molecule has 0 aromatic heterocycles. The molecule has 1 heterocycles. The summed E-state index contributed by atoms with van der Waals surface area (Å²) in [5.74, 6) is 0. The molecule has 2 heteroatoms. The second kappa shape index (κ2) is 6.18. The maximum absolute atomic E-state index is 3.51. The lowest BCUT2D eigenvalue weighted by Crippen LogP contribution is -2.45. The number of aryl methyl sites for hydroxylation is 1. The van der Waals surface area contributed by atoms with Gasteiger partial charge < -0.3 is 5.32 Å². The third kappa shape index (κ3) is 3.30. The number of piperidine rings is 1. The maximum Gasteiger partial charge on any atom is 0.0239 e. The van der Waals surface area contributed by atoms with E-state index in [1.54, 1.807) is 0 Å². The molecule has 0 amide bonds. The molecule has 0 aliphatic carbocycles. The van der Waals surface area contributed by atoms with E-state index in [4.69, 9.17) is 0 Å². The number of benzene rings is 1. The summed E-state index contributed by atoms with van der Waals surface area (Å²) in [5, 5.41) is 3.51. The van der Waals surface area contributed by atoms with Crippen molar-refractivity contribution in [3.05, 3.63) is 35.4 Å². The highest BCUT2D eigenvalue weighted by Crippen LogP contribution is 2.16. The minimum Gasteiger partial charge on any atom is -0.315 e. The molecule has 0 bridgehead atoms. The van der Waals surface area contributed by atoms with E-state index in [-0.39, 0.29) is 0 Å². The average molecular weight is 232 g/mol. The Morgan fingerprint density at radius 3 is 2.82 bits per heavy atom. The average Bonchev–Trinajstić information content (AvgIpc) is 2.39. The van der Waals surface area contributed by atoms with E-state index < -0.39 is 0 Å². The second-order valence-corrected chi connectivity index (χ2v) is 4.99. The van der Waals surface area contributed by atoms with Crippen molar-refractivity contribution in [1.82, 2.24) is 10.2 Å². The molecule has 1 fully saturated rings. The van der Waals surface area contributed by atoms with Crippen LogP contribution in [0.2, 0.25) is 0 Å². The van der Waals surface area contributed by atoms with Gasteiger partial charge in [-0.25, -0.2) is 0 Å². The molecule has 1 aliphatic rings. The van der Waals surface area contributed by atoms with Crippen LogP contribution in [0, 0.1) is 6.92 Å². The molecular formula is C15H24N2. The second-order valence-electron chi connectivity index (χ2n) is 4.99. The molecular weight excluding hydrogens is 208 g/mol. The van der Waals surface area contributed by atoms with Crippen molar-refractivity contribution in [3.63, 3.8) is 0 Å². The number of likely N-dealkylation sites (N-methyl/N-ethyl adjacent to an activating group) is 1. The van der Waals surface area contributed by atoms with Crippen molar-refractivity contribution in [2.24, 2.45) is 0 Å². The van der Waals surface area contributed by atoms with Gasteiger partial charge in [0.2, 0.25) is 0 Å². The standard InChI is InChI=1S/C15H24N2/c1-3-17(15-9-6-10-16-11-15)12-14-8-5-4-7-13(14)2/h4-5,7-8,15-16H,3,6,9-12H2,1-2H3.